The highest BCUT2D eigenvalue weighted by atomic mass is 35.5. The third-order valence-electron chi connectivity index (χ3n) is 5.60. The van der Waals surface area contributed by atoms with Gasteiger partial charge in [0.05, 0.1) is 29.3 Å². The number of carbonyl (C=O) groups is 1. The molecule has 2 atom stereocenters. The third kappa shape index (κ3) is 4.79. The van der Waals surface area contributed by atoms with E-state index in [9.17, 15) is 18.0 Å². The van der Waals surface area contributed by atoms with Gasteiger partial charge in [-0.25, -0.2) is 4.79 Å². The highest BCUT2D eigenvalue weighted by Gasteiger charge is 2.48. The number of benzene rings is 2. The number of hydrogen-bond acceptors (Lipinski definition) is 2. The van der Waals surface area contributed by atoms with E-state index in [4.69, 9.17) is 28.5 Å². The molecule has 0 aromatic heterocycles. The molecule has 0 bridgehead atoms. The Kier molecular flexibility index (Phi) is 8.32. The van der Waals surface area contributed by atoms with Gasteiger partial charge in [-0.2, -0.15) is 45.4 Å². The van der Waals surface area contributed by atoms with E-state index in [1.165, 1.54) is 11.0 Å². The molecule has 0 N–H and O–H groups in total. The molecule has 1 saturated carbocycles. The first-order valence-electron chi connectivity index (χ1n) is 9.40. The van der Waals surface area contributed by atoms with Crippen molar-refractivity contribution in [1.29, 1.82) is 5.26 Å². The molecule has 1 saturated heterocycles. The molecule has 172 valence electrons. The van der Waals surface area contributed by atoms with E-state index in [2.05, 4.69) is 0 Å². The molecule has 1 aliphatic heterocycles. The van der Waals surface area contributed by atoms with Crippen LogP contribution >= 0.6 is 50.2 Å². The molecule has 0 spiro atoms. The molecular formula is C21H20Cl2F3N3OS2. The first-order valence-corrected chi connectivity index (χ1v) is 10.2. The molecule has 32 heavy (non-hydrogen) atoms. The number of nitriles is 1. The molecule has 2 aliphatic rings. The Morgan fingerprint density at radius 3 is 1.94 bits per heavy atom. The Morgan fingerprint density at radius 1 is 0.906 bits per heavy atom. The highest BCUT2D eigenvalue weighted by molar-refractivity contribution is 7.59. The number of nitrogens with zero attached hydrogens (tertiary/aromatic N) is 3. The molecule has 2 fully saturated rings. The van der Waals surface area contributed by atoms with Crippen LogP contribution in [-0.2, 0) is 6.18 Å². The quantitative estimate of drug-likeness (QED) is 0.432. The number of hydrogen-bond donors (Lipinski definition) is 0. The van der Waals surface area contributed by atoms with Crippen LogP contribution in [-0.4, -0.2) is 18.1 Å². The summed E-state index contributed by atoms with van der Waals surface area (Å²) in [6.07, 6.45) is -1.52. The molecule has 2 aromatic rings. The standard InChI is InChI=1S/C21H16Cl2F3N3O.2H2S/c22-13-7-14(23)9-16(8-13)29-19-4-2-1-3-18(19)28(20(29)30)15-6-5-12(11-27)17(10-15)21(24,25)26;;/h5-10,18-19H,1-4H2;2*1H2/t18-,19-;;/m0../s1. The summed E-state index contributed by atoms with van der Waals surface area (Å²) in [6, 6.07) is 8.86. The molecule has 0 radical (unpaired) electrons. The second kappa shape index (κ2) is 10.0. The van der Waals surface area contributed by atoms with Crippen LogP contribution in [0.3, 0.4) is 0 Å². The summed E-state index contributed by atoms with van der Waals surface area (Å²) in [5.74, 6) is 0. The van der Waals surface area contributed by atoms with E-state index in [0.717, 1.165) is 31.4 Å². The van der Waals surface area contributed by atoms with Crippen molar-refractivity contribution >= 4 is 67.6 Å². The number of amides is 2. The Balaban J connectivity index is 0.00000181. The predicted molar refractivity (Wildman–Crippen MR) is 130 cm³/mol. The first-order chi connectivity index (χ1) is 14.2. The van der Waals surface area contributed by atoms with Crippen molar-refractivity contribution in [2.24, 2.45) is 0 Å². The number of halogens is 5. The van der Waals surface area contributed by atoms with Crippen LogP contribution in [0, 0.1) is 11.3 Å². The predicted octanol–water partition coefficient (Wildman–Crippen LogP) is 6.87. The summed E-state index contributed by atoms with van der Waals surface area (Å²) in [4.78, 5) is 16.4. The second-order valence-electron chi connectivity index (χ2n) is 7.41. The zero-order valence-electron chi connectivity index (χ0n) is 16.6. The minimum atomic E-state index is -4.70. The summed E-state index contributed by atoms with van der Waals surface area (Å²) in [5, 5.41) is 9.79. The molecule has 2 aromatic carbocycles. The summed E-state index contributed by atoms with van der Waals surface area (Å²) >= 11 is 12.2. The van der Waals surface area contributed by atoms with Gasteiger partial charge in [-0.05, 0) is 49.2 Å². The van der Waals surface area contributed by atoms with Crippen LogP contribution in [0.5, 0.6) is 0 Å². The zero-order chi connectivity index (χ0) is 21.6. The second-order valence-corrected chi connectivity index (χ2v) is 8.28. The number of carbonyl (C=O) groups excluding carboxylic acids is 1. The summed E-state index contributed by atoms with van der Waals surface area (Å²) in [7, 11) is 0. The number of alkyl halides is 3. The van der Waals surface area contributed by atoms with E-state index in [-0.39, 0.29) is 44.8 Å². The summed E-state index contributed by atoms with van der Waals surface area (Å²) < 4.78 is 40.4. The zero-order valence-corrected chi connectivity index (χ0v) is 20.1. The van der Waals surface area contributed by atoms with Gasteiger partial charge in [0.15, 0.2) is 0 Å². The number of fused-ring (bicyclic) bond motifs is 1. The van der Waals surface area contributed by atoms with Crippen molar-refractivity contribution in [2.45, 2.75) is 43.9 Å². The van der Waals surface area contributed by atoms with Crippen LogP contribution in [0.1, 0.15) is 36.8 Å². The molecule has 0 unspecified atom stereocenters. The molecular weight excluding hydrogens is 502 g/mol. The topological polar surface area (TPSA) is 47.3 Å². The Bertz CT molecular complexity index is 1040. The van der Waals surface area contributed by atoms with Crippen LogP contribution in [0.25, 0.3) is 0 Å². The maximum absolute atomic E-state index is 13.5. The van der Waals surface area contributed by atoms with Gasteiger partial charge in [0.2, 0.25) is 0 Å². The van der Waals surface area contributed by atoms with Crippen molar-refractivity contribution < 1.29 is 18.0 Å². The van der Waals surface area contributed by atoms with Gasteiger partial charge in [0, 0.05) is 21.4 Å². The molecule has 11 heteroatoms. The average Bonchev–Trinajstić information content (AvgIpc) is 2.98. The largest absolute Gasteiger partial charge is 0.417 e. The van der Waals surface area contributed by atoms with E-state index >= 15 is 0 Å². The lowest BCUT2D eigenvalue weighted by atomic mass is 9.89. The van der Waals surface area contributed by atoms with Gasteiger partial charge in [-0.15, -0.1) is 0 Å². The average molecular weight is 522 g/mol. The fourth-order valence-corrected chi connectivity index (χ4v) is 4.90. The van der Waals surface area contributed by atoms with Crippen LogP contribution in [0.15, 0.2) is 36.4 Å². The minimum Gasteiger partial charge on any atom is -0.289 e. The number of rotatable bonds is 2. The smallest absolute Gasteiger partial charge is 0.289 e. The molecule has 1 heterocycles. The van der Waals surface area contributed by atoms with Crippen molar-refractivity contribution in [3.63, 3.8) is 0 Å². The maximum atomic E-state index is 13.5. The Hall–Kier alpha value is -1.73. The van der Waals surface area contributed by atoms with E-state index in [0.29, 0.717) is 22.2 Å². The summed E-state index contributed by atoms with van der Waals surface area (Å²) in [6.45, 7) is 0. The van der Waals surface area contributed by atoms with Crippen molar-refractivity contribution in [1.82, 2.24) is 0 Å². The number of urea groups is 1. The monoisotopic (exact) mass is 521 g/mol. The maximum Gasteiger partial charge on any atom is 0.417 e. The van der Waals surface area contributed by atoms with Crippen molar-refractivity contribution in [3.05, 3.63) is 57.6 Å². The normalized spacial score (nSPS) is 20.2. The van der Waals surface area contributed by atoms with Crippen LogP contribution in [0.2, 0.25) is 10.0 Å². The van der Waals surface area contributed by atoms with E-state index in [1.54, 1.807) is 29.2 Å². The lowest BCUT2D eigenvalue weighted by Gasteiger charge is -2.32. The molecule has 1 aliphatic carbocycles. The van der Waals surface area contributed by atoms with Gasteiger partial charge >= 0.3 is 12.2 Å². The minimum absolute atomic E-state index is 0. The first kappa shape index (κ1) is 26.5. The van der Waals surface area contributed by atoms with Crippen molar-refractivity contribution in [3.8, 4) is 6.07 Å². The molecule has 2 amide bonds. The fourth-order valence-electron chi connectivity index (χ4n) is 4.39. The molecule has 4 rings (SSSR count). The lowest BCUT2D eigenvalue weighted by Crippen LogP contribution is -2.40. The van der Waals surface area contributed by atoms with E-state index < -0.39 is 23.3 Å². The van der Waals surface area contributed by atoms with Gasteiger partial charge in [0.25, 0.3) is 0 Å². The number of anilines is 2. The summed E-state index contributed by atoms with van der Waals surface area (Å²) in [5.41, 5.74) is -0.885. The van der Waals surface area contributed by atoms with E-state index in [1.807, 2.05) is 0 Å². The van der Waals surface area contributed by atoms with Gasteiger partial charge in [-0.1, -0.05) is 36.0 Å². The third-order valence-corrected chi connectivity index (χ3v) is 6.04. The molecule has 4 nitrogen and oxygen atoms in total. The van der Waals surface area contributed by atoms with Gasteiger partial charge < -0.3 is 0 Å². The van der Waals surface area contributed by atoms with Crippen LogP contribution in [0.4, 0.5) is 29.3 Å². The lowest BCUT2D eigenvalue weighted by molar-refractivity contribution is -0.137. The van der Waals surface area contributed by atoms with Crippen molar-refractivity contribution in [2.75, 3.05) is 9.80 Å². The fraction of sp³-hybridized carbons (Fsp3) is 0.333. The Labute approximate surface area is 207 Å². The Morgan fingerprint density at radius 2 is 1.44 bits per heavy atom. The SMILES string of the molecule is N#Cc1ccc(N2C(=O)N(c3cc(Cl)cc(Cl)c3)[C@H]3CCCC[C@@H]32)cc1C(F)(F)F.S.S. The van der Waals surface area contributed by atoms with Gasteiger partial charge in [0.1, 0.15) is 0 Å². The van der Waals surface area contributed by atoms with Gasteiger partial charge in [-0.3, -0.25) is 9.80 Å². The van der Waals surface area contributed by atoms with Crippen LogP contribution < -0.4 is 9.80 Å². The highest BCUT2D eigenvalue weighted by Crippen LogP contribution is 2.42.